The fourth-order valence-corrected chi connectivity index (χ4v) is 3.60. The zero-order valence-corrected chi connectivity index (χ0v) is 14.6. The van der Waals surface area contributed by atoms with Gasteiger partial charge in [0.25, 0.3) is 5.89 Å². The van der Waals surface area contributed by atoms with Crippen LogP contribution in [0.2, 0.25) is 0 Å². The topological polar surface area (TPSA) is 85.4 Å². The molecule has 4 heterocycles. The van der Waals surface area contributed by atoms with Crippen LogP contribution in [0.1, 0.15) is 30.8 Å². The molecule has 1 unspecified atom stereocenters. The van der Waals surface area contributed by atoms with Crippen LogP contribution in [0.25, 0.3) is 11.6 Å². The van der Waals surface area contributed by atoms with Crippen molar-refractivity contribution in [2.75, 3.05) is 19.6 Å². The highest BCUT2D eigenvalue weighted by Crippen LogP contribution is 2.30. The number of nitrogens with zero attached hydrogens (tertiary/aromatic N) is 4. The van der Waals surface area contributed by atoms with Gasteiger partial charge in [-0.1, -0.05) is 0 Å². The van der Waals surface area contributed by atoms with Crippen LogP contribution in [0.4, 0.5) is 4.79 Å². The first-order chi connectivity index (χ1) is 12.0. The molecule has 0 saturated carbocycles. The largest absolute Gasteiger partial charge is 0.441 e. The van der Waals surface area contributed by atoms with Gasteiger partial charge in [0.1, 0.15) is 11.3 Å². The Balaban J connectivity index is 1.41. The van der Waals surface area contributed by atoms with Gasteiger partial charge in [-0.2, -0.15) is 0 Å². The maximum absolute atomic E-state index is 11.4. The van der Waals surface area contributed by atoms with Gasteiger partial charge in [0.15, 0.2) is 0 Å². The van der Waals surface area contributed by atoms with E-state index in [1.165, 1.54) is 0 Å². The molecule has 2 aliphatic heterocycles. The molecule has 8 nitrogen and oxygen atoms in total. The molecule has 0 radical (unpaired) electrons. The molecular formula is C17H23N5O3. The second-order valence-electron chi connectivity index (χ2n) is 6.98. The van der Waals surface area contributed by atoms with Gasteiger partial charge in [-0.25, -0.2) is 4.79 Å². The first-order valence-electron chi connectivity index (χ1n) is 8.69. The standard InChI is InChI=1S/C17H23N5O3/c1-12-4-5-13(21(12)2)15-20-19-14(24-15)10-22-8-3-6-17(7-9-22)11-18-16(23)25-17/h4-5H,3,6-11H2,1-2H3,(H,18,23). The minimum Gasteiger partial charge on any atom is -0.441 e. The summed E-state index contributed by atoms with van der Waals surface area (Å²) >= 11 is 0. The molecule has 134 valence electrons. The average Bonchev–Trinajstić information content (AvgIpc) is 3.23. The van der Waals surface area contributed by atoms with Gasteiger partial charge in [0.05, 0.1) is 13.1 Å². The number of hydrogen-bond donors (Lipinski definition) is 1. The highest BCUT2D eigenvalue weighted by atomic mass is 16.6. The first-order valence-corrected chi connectivity index (χ1v) is 8.69. The molecule has 2 fully saturated rings. The van der Waals surface area contributed by atoms with E-state index in [1.807, 2.05) is 30.7 Å². The molecule has 25 heavy (non-hydrogen) atoms. The molecule has 0 bridgehead atoms. The van der Waals surface area contributed by atoms with Gasteiger partial charge in [0, 0.05) is 25.7 Å². The number of aryl methyl sites for hydroxylation is 1. The van der Waals surface area contributed by atoms with Crippen molar-refractivity contribution in [3.8, 4) is 11.6 Å². The Kier molecular flexibility index (Phi) is 3.99. The van der Waals surface area contributed by atoms with Crippen LogP contribution in [-0.4, -0.2) is 51.0 Å². The third-order valence-electron chi connectivity index (χ3n) is 5.27. The Labute approximate surface area is 146 Å². The number of likely N-dealkylation sites (tertiary alicyclic amines) is 1. The van der Waals surface area contributed by atoms with Crippen LogP contribution in [0.3, 0.4) is 0 Å². The molecule has 1 N–H and O–H groups in total. The van der Waals surface area contributed by atoms with E-state index < -0.39 is 0 Å². The summed E-state index contributed by atoms with van der Waals surface area (Å²) in [6.07, 6.45) is 2.39. The van der Waals surface area contributed by atoms with Crippen LogP contribution in [-0.2, 0) is 18.3 Å². The maximum atomic E-state index is 11.4. The number of aromatic nitrogens is 3. The highest BCUT2D eigenvalue weighted by molar-refractivity contribution is 5.70. The first kappa shape index (κ1) is 16.1. The minimum absolute atomic E-state index is 0.298. The van der Waals surface area contributed by atoms with Crippen molar-refractivity contribution >= 4 is 6.09 Å². The monoisotopic (exact) mass is 345 g/mol. The van der Waals surface area contributed by atoms with E-state index in [1.54, 1.807) is 0 Å². The van der Waals surface area contributed by atoms with Crippen LogP contribution >= 0.6 is 0 Å². The molecule has 2 aromatic heterocycles. The lowest BCUT2D eigenvalue weighted by molar-refractivity contribution is 0.0440. The van der Waals surface area contributed by atoms with E-state index in [4.69, 9.17) is 9.15 Å². The molecule has 2 saturated heterocycles. The van der Waals surface area contributed by atoms with E-state index >= 15 is 0 Å². The normalized spacial score (nSPS) is 24.3. The van der Waals surface area contributed by atoms with Crippen molar-refractivity contribution in [1.82, 2.24) is 25.0 Å². The fraction of sp³-hybridized carbons (Fsp3) is 0.588. The Morgan fingerprint density at radius 1 is 1.28 bits per heavy atom. The molecular weight excluding hydrogens is 322 g/mol. The summed E-state index contributed by atoms with van der Waals surface area (Å²) in [6.45, 7) is 5.04. The molecule has 1 amide bonds. The van der Waals surface area contributed by atoms with Crippen molar-refractivity contribution in [3.05, 3.63) is 23.7 Å². The fourth-order valence-electron chi connectivity index (χ4n) is 3.60. The van der Waals surface area contributed by atoms with E-state index in [9.17, 15) is 4.79 Å². The molecule has 4 rings (SSSR count). The van der Waals surface area contributed by atoms with Crippen molar-refractivity contribution in [1.29, 1.82) is 0 Å². The quantitative estimate of drug-likeness (QED) is 0.914. The summed E-state index contributed by atoms with van der Waals surface area (Å²) in [6, 6.07) is 4.02. The van der Waals surface area contributed by atoms with Crippen LogP contribution in [0, 0.1) is 6.92 Å². The molecule has 0 aliphatic carbocycles. The van der Waals surface area contributed by atoms with Gasteiger partial charge in [-0.05, 0) is 38.4 Å². The lowest BCUT2D eigenvalue weighted by atomic mass is 9.95. The SMILES string of the molecule is Cc1ccc(-c2nnc(CN3CCCC4(CC3)CNC(=O)O4)o2)n1C. The predicted octanol–water partition coefficient (Wildman–Crippen LogP) is 1.85. The predicted molar refractivity (Wildman–Crippen MR) is 89.8 cm³/mol. The van der Waals surface area contributed by atoms with Crippen LogP contribution in [0.15, 0.2) is 16.5 Å². The number of rotatable bonds is 3. The summed E-state index contributed by atoms with van der Waals surface area (Å²) in [5.74, 6) is 1.16. The van der Waals surface area contributed by atoms with Gasteiger partial charge in [0.2, 0.25) is 5.89 Å². The van der Waals surface area contributed by atoms with E-state index in [0.29, 0.717) is 24.9 Å². The number of hydrogen-bond acceptors (Lipinski definition) is 6. The van der Waals surface area contributed by atoms with Crippen molar-refractivity contribution in [2.24, 2.45) is 7.05 Å². The van der Waals surface area contributed by atoms with Crippen LogP contribution in [0.5, 0.6) is 0 Å². The molecule has 2 aromatic rings. The van der Waals surface area contributed by atoms with E-state index in [-0.39, 0.29) is 11.7 Å². The molecule has 2 aliphatic rings. The highest BCUT2D eigenvalue weighted by Gasteiger charge is 2.41. The van der Waals surface area contributed by atoms with Gasteiger partial charge >= 0.3 is 6.09 Å². The number of nitrogens with one attached hydrogen (secondary N) is 1. The average molecular weight is 345 g/mol. The lowest BCUT2D eigenvalue weighted by Gasteiger charge is -2.24. The number of ether oxygens (including phenoxy) is 1. The zero-order valence-electron chi connectivity index (χ0n) is 14.6. The summed E-state index contributed by atoms with van der Waals surface area (Å²) < 4.78 is 13.4. The number of carbonyl (C=O) groups is 1. The third kappa shape index (κ3) is 3.13. The number of alkyl carbamates (subject to hydrolysis) is 1. The Bertz CT molecular complexity index is 783. The summed E-state index contributed by atoms with van der Waals surface area (Å²) in [5.41, 5.74) is 1.73. The van der Waals surface area contributed by atoms with Crippen molar-refractivity contribution < 1.29 is 13.9 Å². The smallest absolute Gasteiger partial charge is 0.407 e. The summed E-state index contributed by atoms with van der Waals surface area (Å²) in [7, 11) is 1.99. The summed E-state index contributed by atoms with van der Waals surface area (Å²) in [4.78, 5) is 13.7. The Hall–Kier alpha value is -2.35. The molecule has 1 atom stereocenters. The number of carbonyl (C=O) groups excluding carboxylic acids is 1. The summed E-state index contributed by atoms with van der Waals surface area (Å²) in [5, 5.41) is 11.2. The lowest BCUT2D eigenvalue weighted by Crippen LogP contribution is -2.34. The van der Waals surface area contributed by atoms with Crippen molar-refractivity contribution in [3.63, 3.8) is 0 Å². The molecule has 0 aromatic carbocycles. The van der Waals surface area contributed by atoms with Gasteiger partial charge in [-0.3, -0.25) is 4.90 Å². The van der Waals surface area contributed by atoms with Gasteiger partial charge in [-0.15, -0.1) is 10.2 Å². The van der Waals surface area contributed by atoms with Crippen LogP contribution < -0.4 is 5.32 Å². The minimum atomic E-state index is -0.341. The van der Waals surface area contributed by atoms with E-state index in [0.717, 1.165) is 43.7 Å². The second kappa shape index (κ2) is 6.18. The second-order valence-corrected chi connectivity index (χ2v) is 6.98. The Morgan fingerprint density at radius 3 is 2.88 bits per heavy atom. The molecule has 1 spiro atoms. The third-order valence-corrected chi connectivity index (χ3v) is 5.27. The Morgan fingerprint density at radius 2 is 2.16 bits per heavy atom. The maximum Gasteiger partial charge on any atom is 0.407 e. The zero-order chi connectivity index (χ0) is 17.4. The van der Waals surface area contributed by atoms with E-state index in [2.05, 4.69) is 20.4 Å². The van der Waals surface area contributed by atoms with Crippen molar-refractivity contribution in [2.45, 2.75) is 38.3 Å². The molecule has 8 heteroatoms. The van der Waals surface area contributed by atoms with Gasteiger partial charge < -0.3 is 19.0 Å². The number of amides is 1.